The molecular formula is C11H17ClN-. The maximum Gasteiger partial charge on any atom is -0.00459 e. The van der Waals surface area contributed by atoms with Crippen molar-refractivity contribution in [3.63, 3.8) is 0 Å². The topological polar surface area (TPSA) is 12.0 Å². The van der Waals surface area contributed by atoms with Crippen molar-refractivity contribution < 1.29 is 12.4 Å². The summed E-state index contributed by atoms with van der Waals surface area (Å²) in [5.41, 5.74) is 1.44. The first-order valence-corrected chi connectivity index (χ1v) is 4.68. The number of aryl methyl sites for hydroxylation is 1. The molecule has 0 saturated heterocycles. The first-order valence-electron chi connectivity index (χ1n) is 4.68. The molecule has 74 valence electrons. The van der Waals surface area contributed by atoms with E-state index in [9.17, 15) is 0 Å². The minimum Gasteiger partial charge on any atom is -1.00 e. The van der Waals surface area contributed by atoms with Crippen molar-refractivity contribution in [3.05, 3.63) is 35.9 Å². The Morgan fingerprint density at radius 2 is 1.85 bits per heavy atom. The van der Waals surface area contributed by atoms with Crippen LogP contribution in [-0.2, 0) is 6.42 Å². The van der Waals surface area contributed by atoms with Gasteiger partial charge in [-0.05, 0) is 31.5 Å². The highest BCUT2D eigenvalue weighted by Gasteiger charge is 1.89. The monoisotopic (exact) mass is 198 g/mol. The third kappa shape index (κ3) is 5.67. The van der Waals surface area contributed by atoms with Crippen LogP contribution in [0.5, 0.6) is 0 Å². The van der Waals surface area contributed by atoms with Gasteiger partial charge in [0.15, 0.2) is 0 Å². The number of halogens is 1. The van der Waals surface area contributed by atoms with Crippen LogP contribution in [0, 0.1) is 0 Å². The van der Waals surface area contributed by atoms with Crippen LogP contribution in [0.1, 0.15) is 18.9 Å². The number of hydrogen-bond acceptors (Lipinski definition) is 1. The van der Waals surface area contributed by atoms with Gasteiger partial charge in [-0.25, -0.2) is 0 Å². The van der Waals surface area contributed by atoms with Gasteiger partial charge < -0.3 is 17.7 Å². The largest absolute Gasteiger partial charge is 1.00 e. The van der Waals surface area contributed by atoms with E-state index in [2.05, 4.69) is 42.6 Å². The molecule has 1 N–H and O–H groups in total. The van der Waals surface area contributed by atoms with Crippen molar-refractivity contribution in [2.45, 2.75) is 19.8 Å². The Bertz CT molecular complexity index is 199. The van der Waals surface area contributed by atoms with E-state index in [1.165, 1.54) is 18.4 Å². The molecule has 0 amide bonds. The summed E-state index contributed by atoms with van der Waals surface area (Å²) in [6.45, 7) is 4.35. The van der Waals surface area contributed by atoms with Gasteiger partial charge in [0.2, 0.25) is 0 Å². The van der Waals surface area contributed by atoms with Crippen LogP contribution in [0.3, 0.4) is 0 Å². The molecule has 0 aliphatic heterocycles. The van der Waals surface area contributed by atoms with Gasteiger partial charge in [-0.3, -0.25) is 0 Å². The van der Waals surface area contributed by atoms with E-state index in [0.717, 1.165) is 13.1 Å². The first-order chi connectivity index (χ1) is 5.93. The van der Waals surface area contributed by atoms with E-state index < -0.39 is 0 Å². The summed E-state index contributed by atoms with van der Waals surface area (Å²) in [6, 6.07) is 10.6. The summed E-state index contributed by atoms with van der Waals surface area (Å²) < 4.78 is 0. The van der Waals surface area contributed by atoms with Crippen LogP contribution in [0.2, 0.25) is 0 Å². The molecule has 0 fully saturated rings. The van der Waals surface area contributed by atoms with Gasteiger partial charge in [-0.2, -0.15) is 0 Å². The molecule has 1 rings (SSSR count). The first kappa shape index (κ1) is 12.5. The van der Waals surface area contributed by atoms with Crippen molar-refractivity contribution in [3.8, 4) is 0 Å². The molecule has 0 saturated carbocycles. The smallest absolute Gasteiger partial charge is 0.00459 e. The molecule has 2 heteroatoms. The summed E-state index contributed by atoms with van der Waals surface area (Å²) in [5, 5.41) is 3.32. The van der Waals surface area contributed by atoms with Gasteiger partial charge in [0.25, 0.3) is 0 Å². The third-order valence-corrected chi connectivity index (χ3v) is 1.91. The van der Waals surface area contributed by atoms with E-state index in [1.807, 2.05) is 0 Å². The maximum atomic E-state index is 3.32. The molecule has 0 radical (unpaired) electrons. The van der Waals surface area contributed by atoms with E-state index >= 15 is 0 Å². The minimum atomic E-state index is 0. The zero-order valence-corrected chi connectivity index (χ0v) is 8.85. The van der Waals surface area contributed by atoms with E-state index in [1.54, 1.807) is 0 Å². The SMILES string of the molecule is CCNCCCc1ccccc1.[Cl-]. The molecule has 0 aliphatic carbocycles. The Kier molecular flexibility index (Phi) is 7.76. The van der Waals surface area contributed by atoms with Gasteiger partial charge in [-0.1, -0.05) is 37.3 Å². The Hall–Kier alpha value is -0.530. The molecule has 1 aromatic rings. The number of benzene rings is 1. The standard InChI is InChI=1S/C11H17N.ClH/c1-2-12-10-6-9-11-7-4-3-5-8-11;/h3-5,7-8,12H,2,6,9-10H2,1H3;1H/p-1. The lowest BCUT2D eigenvalue weighted by Crippen LogP contribution is -3.00. The molecule has 0 heterocycles. The van der Waals surface area contributed by atoms with E-state index in [0.29, 0.717) is 0 Å². The lowest BCUT2D eigenvalue weighted by atomic mass is 10.1. The normalized spacial score (nSPS) is 9.31. The molecule has 1 aromatic carbocycles. The predicted octanol–water partition coefficient (Wildman–Crippen LogP) is -0.767. The number of nitrogens with one attached hydrogen (secondary N) is 1. The quantitative estimate of drug-likeness (QED) is 0.614. The van der Waals surface area contributed by atoms with Crippen molar-refractivity contribution in [2.75, 3.05) is 13.1 Å². The van der Waals surface area contributed by atoms with Gasteiger partial charge in [-0.15, -0.1) is 0 Å². The average Bonchev–Trinajstić information content (AvgIpc) is 2.14. The Morgan fingerprint density at radius 1 is 1.15 bits per heavy atom. The summed E-state index contributed by atoms with van der Waals surface area (Å²) in [5.74, 6) is 0. The highest BCUT2D eigenvalue weighted by molar-refractivity contribution is 5.14. The Labute approximate surface area is 87.0 Å². The third-order valence-electron chi connectivity index (χ3n) is 1.91. The lowest BCUT2D eigenvalue weighted by molar-refractivity contribution is -0.00000260. The minimum absolute atomic E-state index is 0. The lowest BCUT2D eigenvalue weighted by Gasteiger charge is -2.01. The molecule has 0 spiro atoms. The van der Waals surface area contributed by atoms with E-state index in [4.69, 9.17) is 0 Å². The predicted molar refractivity (Wildman–Crippen MR) is 53.3 cm³/mol. The summed E-state index contributed by atoms with van der Waals surface area (Å²) in [6.07, 6.45) is 2.42. The van der Waals surface area contributed by atoms with Crippen LogP contribution < -0.4 is 17.7 Å². The summed E-state index contributed by atoms with van der Waals surface area (Å²) in [7, 11) is 0. The summed E-state index contributed by atoms with van der Waals surface area (Å²) in [4.78, 5) is 0. The highest BCUT2D eigenvalue weighted by Crippen LogP contribution is 2.00. The highest BCUT2D eigenvalue weighted by atomic mass is 35.5. The number of hydrogen-bond donors (Lipinski definition) is 1. The summed E-state index contributed by atoms with van der Waals surface area (Å²) >= 11 is 0. The van der Waals surface area contributed by atoms with Crippen molar-refractivity contribution >= 4 is 0 Å². The fourth-order valence-electron chi connectivity index (χ4n) is 1.24. The van der Waals surface area contributed by atoms with Crippen molar-refractivity contribution in [1.82, 2.24) is 5.32 Å². The van der Waals surface area contributed by atoms with Gasteiger partial charge in [0.05, 0.1) is 0 Å². The second-order valence-electron chi connectivity index (χ2n) is 2.94. The van der Waals surface area contributed by atoms with Crippen molar-refractivity contribution in [1.29, 1.82) is 0 Å². The van der Waals surface area contributed by atoms with E-state index in [-0.39, 0.29) is 12.4 Å². The second-order valence-corrected chi connectivity index (χ2v) is 2.94. The van der Waals surface area contributed by atoms with Gasteiger partial charge in [0.1, 0.15) is 0 Å². The molecule has 0 bridgehead atoms. The second kappa shape index (κ2) is 8.09. The molecule has 0 atom stereocenters. The van der Waals surface area contributed by atoms with Crippen molar-refractivity contribution in [2.24, 2.45) is 0 Å². The fourth-order valence-corrected chi connectivity index (χ4v) is 1.24. The van der Waals surface area contributed by atoms with Crippen LogP contribution in [0.25, 0.3) is 0 Å². The van der Waals surface area contributed by atoms with Crippen LogP contribution in [0.15, 0.2) is 30.3 Å². The van der Waals surface area contributed by atoms with Crippen LogP contribution >= 0.6 is 0 Å². The molecule has 13 heavy (non-hydrogen) atoms. The fraction of sp³-hybridized carbons (Fsp3) is 0.455. The zero-order chi connectivity index (χ0) is 8.65. The molecule has 0 aliphatic rings. The molecular weight excluding hydrogens is 182 g/mol. The van der Waals surface area contributed by atoms with Crippen LogP contribution in [0.4, 0.5) is 0 Å². The Morgan fingerprint density at radius 3 is 2.46 bits per heavy atom. The molecule has 0 unspecified atom stereocenters. The maximum absolute atomic E-state index is 3.32. The Balaban J connectivity index is 0.00000144. The van der Waals surface area contributed by atoms with Crippen LogP contribution in [-0.4, -0.2) is 13.1 Å². The molecule has 1 nitrogen and oxygen atoms in total. The van der Waals surface area contributed by atoms with Gasteiger partial charge in [0, 0.05) is 0 Å². The number of rotatable bonds is 5. The molecule has 0 aromatic heterocycles. The van der Waals surface area contributed by atoms with Gasteiger partial charge >= 0.3 is 0 Å². The zero-order valence-electron chi connectivity index (χ0n) is 8.09. The average molecular weight is 199 g/mol.